The van der Waals surface area contributed by atoms with Crippen molar-refractivity contribution in [1.29, 1.82) is 0 Å². The topological polar surface area (TPSA) is 110 Å². The molecule has 1 aromatic rings. The van der Waals surface area contributed by atoms with Crippen molar-refractivity contribution in [3.63, 3.8) is 0 Å². The van der Waals surface area contributed by atoms with E-state index in [4.69, 9.17) is 10.8 Å². The van der Waals surface area contributed by atoms with Gasteiger partial charge in [-0.1, -0.05) is 5.16 Å². The summed E-state index contributed by atoms with van der Waals surface area (Å²) in [5, 5.41) is 11.9. The van der Waals surface area contributed by atoms with E-state index in [9.17, 15) is 9.59 Å². The van der Waals surface area contributed by atoms with Crippen LogP contribution >= 0.6 is 0 Å². The normalized spacial score (nSPS) is 9.71. The Labute approximate surface area is 79.1 Å². The van der Waals surface area contributed by atoms with E-state index in [1.807, 2.05) is 0 Å². The average Bonchev–Trinajstić information content (AvgIpc) is 2.56. The lowest BCUT2D eigenvalue weighted by atomic mass is 10.4. The van der Waals surface area contributed by atoms with Crippen LogP contribution in [0.15, 0.2) is 16.9 Å². The van der Waals surface area contributed by atoms with Crippen molar-refractivity contribution in [2.75, 3.05) is 11.4 Å². The summed E-state index contributed by atoms with van der Waals surface area (Å²) in [6.45, 7) is -0.0306. The average molecular weight is 199 g/mol. The molecule has 0 spiro atoms. The van der Waals surface area contributed by atoms with Gasteiger partial charge in [0, 0.05) is 12.6 Å². The number of aromatic nitrogens is 1. The highest BCUT2D eigenvalue weighted by Crippen LogP contribution is 2.09. The number of carbonyl (C=O) groups is 2. The molecule has 76 valence electrons. The summed E-state index contributed by atoms with van der Waals surface area (Å²) in [4.78, 5) is 22.2. The van der Waals surface area contributed by atoms with Crippen molar-refractivity contribution >= 4 is 17.8 Å². The molecular weight excluding hydrogens is 190 g/mol. The molecule has 0 radical (unpaired) electrons. The van der Waals surface area contributed by atoms with E-state index in [1.54, 1.807) is 0 Å². The third-order valence-electron chi connectivity index (χ3n) is 1.52. The van der Waals surface area contributed by atoms with Crippen LogP contribution in [0.5, 0.6) is 0 Å². The molecule has 0 aliphatic carbocycles. The molecule has 0 fully saturated rings. The molecule has 3 N–H and O–H groups in total. The number of urea groups is 1. The summed E-state index contributed by atoms with van der Waals surface area (Å²) >= 11 is 0. The molecule has 0 bridgehead atoms. The molecule has 0 atom stereocenters. The number of nitrogens with zero attached hydrogens (tertiary/aromatic N) is 2. The number of hydrogen-bond donors (Lipinski definition) is 2. The maximum Gasteiger partial charge on any atom is 0.320 e. The largest absolute Gasteiger partial charge is 0.481 e. The molecule has 1 rings (SSSR count). The molecule has 1 aromatic heterocycles. The molecule has 14 heavy (non-hydrogen) atoms. The molecule has 7 heteroatoms. The Kier molecular flexibility index (Phi) is 3.05. The summed E-state index contributed by atoms with van der Waals surface area (Å²) < 4.78 is 4.51. The molecule has 2 amide bonds. The predicted molar refractivity (Wildman–Crippen MR) is 45.7 cm³/mol. The monoisotopic (exact) mass is 199 g/mol. The van der Waals surface area contributed by atoms with Crippen LogP contribution in [0.25, 0.3) is 0 Å². The zero-order valence-corrected chi connectivity index (χ0v) is 7.21. The highest BCUT2D eigenvalue weighted by molar-refractivity contribution is 5.89. The lowest BCUT2D eigenvalue weighted by Crippen LogP contribution is -2.37. The Bertz CT molecular complexity index is 322. The third kappa shape index (κ3) is 2.47. The number of carbonyl (C=O) groups excluding carboxylic acids is 1. The number of aliphatic carboxylic acids is 1. The Hall–Kier alpha value is -2.05. The maximum atomic E-state index is 10.9. The van der Waals surface area contributed by atoms with E-state index >= 15 is 0 Å². The molecular formula is C7H9N3O4. The second-order valence-electron chi connectivity index (χ2n) is 2.49. The lowest BCUT2D eigenvalue weighted by Gasteiger charge is -2.14. The van der Waals surface area contributed by atoms with Gasteiger partial charge in [-0.2, -0.15) is 0 Å². The first-order valence-electron chi connectivity index (χ1n) is 3.80. The summed E-state index contributed by atoms with van der Waals surface area (Å²) in [7, 11) is 0. The number of rotatable bonds is 4. The van der Waals surface area contributed by atoms with Crippen LogP contribution < -0.4 is 10.6 Å². The van der Waals surface area contributed by atoms with Crippen molar-refractivity contribution in [3.8, 4) is 0 Å². The molecule has 0 aromatic carbocycles. The van der Waals surface area contributed by atoms with E-state index < -0.39 is 12.0 Å². The van der Waals surface area contributed by atoms with E-state index in [0.717, 1.165) is 4.90 Å². The van der Waals surface area contributed by atoms with Crippen molar-refractivity contribution in [2.45, 2.75) is 6.42 Å². The van der Waals surface area contributed by atoms with E-state index in [1.165, 1.54) is 12.3 Å². The predicted octanol–water partition coefficient (Wildman–Crippen LogP) is 0.0344. The third-order valence-corrected chi connectivity index (χ3v) is 1.52. The molecule has 0 aliphatic rings. The van der Waals surface area contributed by atoms with Crippen LogP contribution in [0.3, 0.4) is 0 Å². The fraction of sp³-hybridized carbons (Fsp3) is 0.286. The van der Waals surface area contributed by atoms with Gasteiger partial charge in [-0.15, -0.1) is 0 Å². The number of anilines is 1. The van der Waals surface area contributed by atoms with Crippen molar-refractivity contribution in [2.24, 2.45) is 5.73 Å². The van der Waals surface area contributed by atoms with E-state index in [0.29, 0.717) is 0 Å². The molecule has 1 heterocycles. The van der Waals surface area contributed by atoms with Gasteiger partial charge in [0.2, 0.25) is 0 Å². The number of amides is 2. The number of hydrogen-bond acceptors (Lipinski definition) is 4. The zero-order valence-electron chi connectivity index (χ0n) is 7.21. The first-order valence-corrected chi connectivity index (χ1v) is 3.80. The second kappa shape index (κ2) is 4.26. The number of nitrogens with two attached hydrogens (primary N) is 1. The Morgan fingerprint density at radius 2 is 2.36 bits per heavy atom. The van der Waals surface area contributed by atoms with Crippen LogP contribution in [-0.4, -0.2) is 28.8 Å². The Morgan fingerprint density at radius 3 is 2.79 bits per heavy atom. The highest BCUT2D eigenvalue weighted by atomic mass is 16.5. The van der Waals surface area contributed by atoms with Crippen LogP contribution in [0, 0.1) is 0 Å². The number of carboxylic acid groups (broad SMARTS) is 1. The first kappa shape index (κ1) is 10.0. The van der Waals surface area contributed by atoms with Crippen LogP contribution in [0.4, 0.5) is 10.6 Å². The summed E-state index contributed by atoms with van der Waals surface area (Å²) in [6, 6.07) is 0.659. The molecule has 7 nitrogen and oxygen atoms in total. The summed E-state index contributed by atoms with van der Waals surface area (Å²) in [5.74, 6) is -0.807. The highest BCUT2D eigenvalue weighted by Gasteiger charge is 2.15. The smallest absolute Gasteiger partial charge is 0.320 e. The van der Waals surface area contributed by atoms with Gasteiger partial charge in [-0.3, -0.25) is 9.69 Å². The minimum Gasteiger partial charge on any atom is -0.481 e. The Morgan fingerprint density at radius 1 is 1.64 bits per heavy atom. The maximum absolute atomic E-state index is 10.9. The first-order chi connectivity index (χ1) is 6.61. The van der Waals surface area contributed by atoms with Gasteiger partial charge in [0.1, 0.15) is 6.26 Å². The van der Waals surface area contributed by atoms with Crippen LogP contribution in [-0.2, 0) is 4.79 Å². The lowest BCUT2D eigenvalue weighted by molar-refractivity contribution is -0.136. The van der Waals surface area contributed by atoms with Crippen LogP contribution in [0.2, 0.25) is 0 Å². The minimum absolute atomic E-state index is 0.0306. The van der Waals surface area contributed by atoms with Crippen molar-refractivity contribution in [3.05, 3.63) is 12.3 Å². The molecule has 0 unspecified atom stereocenters. The SMILES string of the molecule is NC(=O)N(CCC(=O)O)c1ccon1. The van der Waals surface area contributed by atoms with Crippen molar-refractivity contribution < 1.29 is 19.2 Å². The summed E-state index contributed by atoms with van der Waals surface area (Å²) in [5.41, 5.74) is 5.03. The fourth-order valence-corrected chi connectivity index (χ4v) is 0.890. The van der Waals surface area contributed by atoms with Gasteiger partial charge in [0.15, 0.2) is 5.82 Å². The van der Waals surface area contributed by atoms with Gasteiger partial charge in [0.25, 0.3) is 0 Å². The van der Waals surface area contributed by atoms with Gasteiger partial charge >= 0.3 is 12.0 Å². The van der Waals surface area contributed by atoms with Gasteiger partial charge < -0.3 is 15.4 Å². The van der Waals surface area contributed by atoms with Crippen molar-refractivity contribution in [1.82, 2.24) is 5.16 Å². The summed E-state index contributed by atoms with van der Waals surface area (Å²) in [6.07, 6.45) is 1.07. The molecule has 0 saturated heterocycles. The number of primary amides is 1. The van der Waals surface area contributed by atoms with Gasteiger partial charge in [0.05, 0.1) is 6.42 Å². The van der Waals surface area contributed by atoms with Gasteiger partial charge in [-0.05, 0) is 0 Å². The van der Waals surface area contributed by atoms with Crippen LogP contribution in [0.1, 0.15) is 6.42 Å². The molecule has 0 saturated carbocycles. The number of carboxylic acids is 1. The molecule has 0 aliphatic heterocycles. The standard InChI is InChI=1S/C7H9N3O4/c8-7(13)10(3-1-6(11)12)5-2-4-14-9-5/h2,4H,1,3H2,(H2,8,13)(H,11,12). The zero-order chi connectivity index (χ0) is 10.6. The quantitative estimate of drug-likeness (QED) is 0.711. The van der Waals surface area contributed by atoms with Gasteiger partial charge in [-0.25, -0.2) is 4.79 Å². The fourth-order valence-electron chi connectivity index (χ4n) is 0.890. The second-order valence-corrected chi connectivity index (χ2v) is 2.49. The Balaban J connectivity index is 2.66. The van der Waals surface area contributed by atoms with E-state index in [2.05, 4.69) is 9.68 Å². The minimum atomic E-state index is -1.01. The van der Waals surface area contributed by atoms with E-state index in [-0.39, 0.29) is 18.8 Å².